The van der Waals surface area contributed by atoms with Gasteiger partial charge in [0.2, 0.25) is 0 Å². The number of hydrogen-bond acceptors (Lipinski definition) is 1. The van der Waals surface area contributed by atoms with Crippen molar-refractivity contribution in [2.24, 2.45) is 11.3 Å². The zero-order chi connectivity index (χ0) is 9.07. The average molecular weight is 158 g/mol. The van der Waals surface area contributed by atoms with Gasteiger partial charge in [0.05, 0.1) is 6.10 Å². The lowest BCUT2D eigenvalue weighted by atomic mass is 9.79. The molecule has 0 saturated carbocycles. The summed E-state index contributed by atoms with van der Waals surface area (Å²) in [4.78, 5) is 0. The van der Waals surface area contributed by atoms with Crippen molar-refractivity contribution in [2.75, 3.05) is 0 Å². The highest BCUT2D eigenvalue weighted by molar-refractivity contribution is 4.70. The average Bonchev–Trinajstić information content (AvgIpc) is 1.80. The smallest absolute Gasteiger partial charge is 0.0512 e. The van der Waals surface area contributed by atoms with Crippen molar-refractivity contribution in [2.45, 2.75) is 53.6 Å². The van der Waals surface area contributed by atoms with Gasteiger partial charge in [-0.1, -0.05) is 27.7 Å². The van der Waals surface area contributed by atoms with Crippen LogP contribution in [0.5, 0.6) is 0 Å². The molecule has 1 N–H and O–H groups in total. The number of aliphatic hydroxyl groups excluding tert-OH is 1. The van der Waals surface area contributed by atoms with Gasteiger partial charge in [0, 0.05) is 0 Å². The van der Waals surface area contributed by atoms with Crippen LogP contribution in [0.15, 0.2) is 0 Å². The molecule has 2 unspecified atom stereocenters. The molecule has 0 aromatic rings. The molecule has 0 rings (SSSR count). The van der Waals surface area contributed by atoms with Crippen LogP contribution in [0.25, 0.3) is 0 Å². The number of hydrogen-bond donors (Lipinski definition) is 1. The second-order valence-electron chi connectivity index (χ2n) is 4.69. The van der Waals surface area contributed by atoms with E-state index in [0.29, 0.717) is 11.3 Å². The van der Waals surface area contributed by atoms with Gasteiger partial charge >= 0.3 is 0 Å². The summed E-state index contributed by atoms with van der Waals surface area (Å²) in [5.74, 6) is 0.692. The first-order valence-electron chi connectivity index (χ1n) is 4.52. The van der Waals surface area contributed by atoms with Gasteiger partial charge in [0.15, 0.2) is 0 Å². The first kappa shape index (κ1) is 11.0. The molecule has 0 aliphatic carbocycles. The summed E-state index contributed by atoms with van der Waals surface area (Å²) >= 11 is 0. The Bertz CT molecular complexity index is 99.9. The monoisotopic (exact) mass is 158 g/mol. The van der Waals surface area contributed by atoms with Crippen molar-refractivity contribution in [1.29, 1.82) is 0 Å². The molecule has 0 radical (unpaired) electrons. The highest BCUT2D eigenvalue weighted by Gasteiger charge is 2.19. The predicted octanol–water partition coefficient (Wildman–Crippen LogP) is 2.83. The second kappa shape index (κ2) is 4.10. The molecule has 0 heterocycles. The Balaban J connectivity index is 3.61. The van der Waals surface area contributed by atoms with E-state index in [0.717, 1.165) is 12.8 Å². The normalized spacial score (nSPS) is 18.0. The molecule has 0 bridgehead atoms. The summed E-state index contributed by atoms with van der Waals surface area (Å²) in [6.07, 6.45) is 1.92. The van der Waals surface area contributed by atoms with E-state index in [2.05, 4.69) is 27.7 Å². The van der Waals surface area contributed by atoms with Crippen molar-refractivity contribution < 1.29 is 5.11 Å². The molecule has 0 aromatic heterocycles. The van der Waals surface area contributed by atoms with Crippen molar-refractivity contribution >= 4 is 0 Å². The molecule has 0 spiro atoms. The number of aliphatic hydroxyl groups is 1. The Morgan fingerprint density at radius 2 is 1.55 bits per heavy atom. The lowest BCUT2D eigenvalue weighted by molar-refractivity contribution is 0.154. The molecule has 0 saturated heterocycles. The van der Waals surface area contributed by atoms with Gasteiger partial charge < -0.3 is 5.11 Å². The van der Waals surface area contributed by atoms with E-state index in [-0.39, 0.29) is 6.10 Å². The molecule has 1 heteroatoms. The Kier molecular flexibility index (Phi) is 4.09. The lowest BCUT2D eigenvalue weighted by Crippen LogP contribution is -2.18. The first-order chi connectivity index (χ1) is 4.84. The van der Waals surface area contributed by atoms with Gasteiger partial charge in [-0.25, -0.2) is 0 Å². The van der Waals surface area contributed by atoms with Crippen LogP contribution in [-0.4, -0.2) is 11.2 Å². The van der Waals surface area contributed by atoms with Gasteiger partial charge in [-0.3, -0.25) is 0 Å². The molecule has 11 heavy (non-hydrogen) atoms. The fourth-order valence-corrected chi connectivity index (χ4v) is 0.924. The molecule has 2 atom stereocenters. The van der Waals surface area contributed by atoms with Gasteiger partial charge in [-0.15, -0.1) is 0 Å². The van der Waals surface area contributed by atoms with E-state index < -0.39 is 0 Å². The summed E-state index contributed by atoms with van der Waals surface area (Å²) in [6, 6.07) is 0. The number of rotatable bonds is 3. The van der Waals surface area contributed by atoms with Gasteiger partial charge in [-0.05, 0) is 31.1 Å². The van der Waals surface area contributed by atoms with Gasteiger partial charge in [0.25, 0.3) is 0 Å². The molecule has 0 aliphatic heterocycles. The zero-order valence-electron chi connectivity index (χ0n) is 8.52. The standard InChI is InChI=1S/C10H22O/c1-8(10(3,4)5)6-7-9(2)11/h8-9,11H,6-7H2,1-5H3. The van der Waals surface area contributed by atoms with Crippen LogP contribution in [0.2, 0.25) is 0 Å². The van der Waals surface area contributed by atoms with E-state index in [4.69, 9.17) is 5.11 Å². The van der Waals surface area contributed by atoms with Crippen molar-refractivity contribution in [3.8, 4) is 0 Å². The topological polar surface area (TPSA) is 20.2 Å². The van der Waals surface area contributed by atoms with Crippen LogP contribution < -0.4 is 0 Å². The molecule has 1 nitrogen and oxygen atoms in total. The molecule has 0 fully saturated rings. The first-order valence-corrected chi connectivity index (χ1v) is 4.52. The lowest BCUT2D eigenvalue weighted by Gasteiger charge is -2.27. The van der Waals surface area contributed by atoms with Crippen molar-refractivity contribution in [1.82, 2.24) is 0 Å². The van der Waals surface area contributed by atoms with E-state index >= 15 is 0 Å². The summed E-state index contributed by atoms with van der Waals surface area (Å²) < 4.78 is 0. The third kappa shape index (κ3) is 5.25. The minimum Gasteiger partial charge on any atom is -0.393 e. The molecular weight excluding hydrogens is 136 g/mol. The highest BCUT2D eigenvalue weighted by atomic mass is 16.3. The molecular formula is C10H22O. The van der Waals surface area contributed by atoms with Gasteiger partial charge in [0.1, 0.15) is 0 Å². The summed E-state index contributed by atoms with van der Waals surface area (Å²) in [7, 11) is 0. The Morgan fingerprint density at radius 1 is 1.09 bits per heavy atom. The van der Waals surface area contributed by atoms with E-state index in [9.17, 15) is 0 Å². The van der Waals surface area contributed by atoms with Crippen molar-refractivity contribution in [3.05, 3.63) is 0 Å². The predicted molar refractivity (Wildman–Crippen MR) is 49.5 cm³/mol. The summed E-state index contributed by atoms with van der Waals surface area (Å²) in [5.41, 5.74) is 0.384. The maximum atomic E-state index is 9.07. The van der Waals surface area contributed by atoms with Gasteiger partial charge in [-0.2, -0.15) is 0 Å². The molecule has 68 valence electrons. The molecule has 0 aliphatic rings. The van der Waals surface area contributed by atoms with Crippen LogP contribution in [0, 0.1) is 11.3 Å². The molecule has 0 aromatic carbocycles. The zero-order valence-corrected chi connectivity index (χ0v) is 8.52. The highest BCUT2D eigenvalue weighted by Crippen LogP contribution is 2.29. The Morgan fingerprint density at radius 3 is 1.82 bits per heavy atom. The maximum Gasteiger partial charge on any atom is 0.0512 e. The third-order valence-electron chi connectivity index (χ3n) is 2.50. The van der Waals surface area contributed by atoms with Crippen molar-refractivity contribution in [3.63, 3.8) is 0 Å². The Labute approximate surface area is 70.8 Å². The fraction of sp³-hybridized carbons (Fsp3) is 1.00. The molecule has 0 amide bonds. The maximum absolute atomic E-state index is 9.07. The Hall–Kier alpha value is -0.0400. The van der Waals surface area contributed by atoms with E-state index in [1.807, 2.05) is 6.92 Å². The van der Waals surface area contributed by atoms with E-state index in [1.165, 1.54) is 0 Å². The van der Waals surface area contributed by atoms with Crippen LogP contribution in [0.3, 0.4) is 0 Å². The third-order valence-corrected chi connectivity index (χ3v) is 2.50. The van der Waals surface area contributed by atoms with Crippen LogP contribution in [-0.2, 0) is 0 Å². The van der Waals surface area contributed by atoms with Crippen LogP contribution >= 0.6 is 0 Å². The minimum atomic E-state index is -0.139. The van der Waals surface area contributed by atoms with Crippen LogP contribution in [0.1, 0.15) is 47.5 Å². The van der Waals surface area contributed by atoms with E-state index in [1.54, 1.807) is 0 Å². The fourth-order valence-electron chi connectivity index (χ4n) is 0.924. The second-order valence-corrected chi connectivity index (χ2v) is 4.69. The largest absolute Gasteiger partial charge is 0.393 e. The summed E-state index contributed by atoms with van der Waals surface area (Å²) in [6.45, 7) is 10.9. The SMILES string of the molecule is CC(O)CCC(C)C(C)(C)C. The van der Waals surface area contributed by atoms with Crippen LogP contribution in [0.4, 0.5) is 0 Å². The quantitative estimate of drug-likeness (QED) is 0.669. The minimum absolute atomic E-state index is 0.139. The summed E-state index contributed by atoms with van der Waals surface area (Å²) in [5, 5.41) is 9.07.